The molecule has 0 aliphatic rings. The second-order valence-electron chi connectivity index (χ2n) is 3.75. The van der Waals surface area contributed by atoms with Crippen LogP contribution in [-0.4, -0.2) is 13.9 Å². The van der Waals surface area contributed by atoms with Crippen LogP contribution in [0.2, 0.25) is 0 Å². The van der Waals surface area contributed by atoms with Crippen molar-refractivity contribution in [3.8, 4) is 0 Å². The topological polar surface area (TPSA) is 30.7 Å². The number of nitrogens with zero attached hydrogens (tertiary/aromatic N) is 3. The molecule has 0 aliphatic heterocycles. The molecule has 0 saturated heterocycles. The maximum atomic E-state index is 4.54. The second-order valence-corrected chi connectivity index (χ2v) is 4.55. The van der Waals surface area contributed by atoms with Gasteiger partial charge < -0.3 is 4.57 Å². The van der Waals surface area contributed by atoms with Crippen LogP contribution in [0.15, 0.2) is 43.0 Å². The largest absolute Gasteiger partial charge is 0.329 e. The molecule has 0 radical (unpaired) electrons. The lowest BCUT2D eigenvalue weighted by atomic mass is 10.1. The Bertz CT molecular complexity index is 603. The molecule has 17 heavy (non-hydrogen) atoms. The van der Waals surface area contributed by atoms with Crippen molar-refractivity contribution in [1.82, 2.24) is 13.9 Å². The Hall–Kier alpha value is -1.39. The summed E-state index contributed by atoms with van der Waals surface area (Å²) in [5.41, 5.74) is 1.12. The molecule has 2 heterocycles. The van der Waals surface area contributed by atoms with E-state index >= 15 is 0 Å². The average molecular weight is 266 g/mol. The minimum Gasteiger partial charge on any atom is -0.329 e. The normalized spacial score (nSPS) is 12.3. The third-order valence-electron chi connectivity index (χ3n) is 2.77. The van der Waals surface area contributed by atoms with Gasteiger partial charge in [-0.1, -0.05) is 18.2 Å². The van der Waals surface area contributed by atoms with E-state index < -0.39 is 0 Å². The van der Waals surface area contributed by atoms with Gasteiger partial charge in [0.2, 0.25) is 0 Å². The number of halogens is 1. The summed E-state index contributed by atoms with van der Waals surface area (Å²) in [7, 11) is 0. The summed E-state index contributed by atoms with van der Waals surface area (Å²) in [5, 5.41) is 1.24. The first-order chi connectivity index (χ1) is 7.86. The number of rotatable bonds is 2. The lowest BCUT2D eigenvalue weighted by Gasteiger charge is -2.10. The fraction of sp³-hybridized carbons (Fsp3) is 0.167. The predicted octanol–water partition coefficient (Wildman–Crippen LogP) is 3.52. The van der Waals surface area contributed by atoms with E-state index in [1.807, 2.05) is 18.6 Å². The minimum atomic E-state index is 0. The standard InChI is InChI=1S/C12H11N3S.ClH/c1-9(15-7-6-13-8-15)12-10-4-2-3-5-11(10)16-14-12;/h2-9H,1H3;1H. The van der Waals surface area contributed by atoms with Gasteiger partial charge in [0, 0.05) is 17.8 Å². The van der Waals surface area contributed by atoms with Crippen LogP contribution in [-0.2, 0) is 0 Å². The molecule has 2 aromatic heterocycles. The summed E-state index contributed by atoms with van der Waals surface area (Å²) in [4.78, 5) is 4.07. The van der Waals surface area contributed by atoms with Crippen molar-refractivity contribution in [1.29, 1.82) is 0 Å². The Morgan fingerprint density at radius 2 is 2.12 bits per heavy atom. The molecule has 3 aromatic rings. The third kappa shape index (κ3) is 2.06. The molecule has 0 amide bonds. The van der Waals surface area contributed by atoms with Crippen LogP contribution < -0.4 is 0 Å². The van der Waals surface area contributed by atoms with Crippen molar-refractivity contribution in [2.45, 2.75) is 13.0 Å². The molecule has 1 aromatic carbocycles. The fourth-order valence-corrected chi connectivity index (χ4v) is 2.70. The predicted molar refractivity (Wildman–Crippen MR) is 72.9 cm³/mol. The molecule has 0 spiro atoms. The van der Waals surface area contributed by atoms with Gasteiger partial charge in [-0.15, -0.1) is 12.4 Å². The van der Waals surface area contributed by atoms with Crippen molar-refractivity contribution in [2.24, 2.45) is 0 Å². The summed E-state index contributed by atoms with van der Waals surface area (Å²) < 4.78 is 7.86. The monoisotopic (exact) mass is 265 g/mol. The van der Waals surface area contributed by atoms with Crippen molar-refractivity contribution in [2.75, 3.05) is 0 Å². The zero-order valence-corrected chi connectivity index (χ0v) is 10.9. The van der Waals surface area contributed by atoms with Crippen molar-refractivity contribution >= 4 is 34.0 Å². The molecule has 1 unspecified atom stereocenters. The lowest BCUT2D eigenvalue weighted by Crippen LogP contribution is -2.04. The van der Waals surface area contributed by atoms with E-state index in [1.165, 1.54) is 10.1 Å². The van der Waals surface area contributed by atoms with Gasteiger partial charge in [-0.2, -0.15) is 4.37 Å². The number of benzene rings is 1. The van der Waals surface area contributed by atoms with Crippen LogP contribution >= 0.6 is 23.9 Å². The summed E-state index contributed by atoms with van der Waals surface area (Å²) in [6, 6.07) is 8.57. The summed E-state index contributed by atoms with van der Waals surface area (Å²) in [5.74, 6) is 0. The fourth-order valence-electron chi connectivity index (χ4n) is 1.85. The van der Waals surface area contributed by atoms with Gasteiger partial charge in [0.05, 0.1) is 22.8 Å². The van der Waals surface area contributed by atoms with E-state index in [-0.39, 0.29) is 18.4 Å². The molecule has 0 fully saturated rings. The first-order valence-electron chi connectivity index (χ1n) is 5.18. The number of fused-ring (bicyclic) bond motifs is 1. The van der Waals surface area contributed by atoms with E-state index in [0.717, 1.165) is 5.69 Å². The van der Waals surface area contributed by atoms with Crippen LogP contribution in [0.4, 0.5) is 0 Å². The van der Waals surface area contributed by atoms with E-state index in [4.69, 9.17) is 0 Å². The molecule has 0 aliphatic carbocycles. The molecule has 3 rings (SSSR count). The third-order valence-corrected chi connectivity index (χ3v) is 3.61. The molecule has 0 saturated carbocycles. The maximum Gasteiger partial charge on any atom is 0.0952 e. The van der Waals surface area contributed by atoms with Crippen LogP contribution in [0, 0.1) is 0 Å². The summed E-state index contributed by atoms with van der Waals surface area (Å²) in [6.45, 7) is 2.14. The quantitative estimate of drug-likeness (QED) is 0.710. The summed E-state index contributed by atoms with van der Waals surface area (Å²) >= 11 is 1.56. The molecule has 1 atom stereocenters. The highest BCUT2D eigenvalue weighted by Crippen LogP contribution is 2.28. The van der Waals surface area contributed by atoms with Gasteiger partial charge in [0.25, 0.3) is 0 Å². The van der Waals surface area contributed by atoms with Gasteiger partial charge in [-0.3, -0.25) is 0 Å². The highest BCUT2D eigenvalue weighted by atomic mass is 35.5. The van der Waals surface area contributed by atoms with Crippen molar-refractivity contribution in [3.63, 3.8) is 0 Å². The molecule has 0 N–H and O–H groups in total. The minimum absolute atomic E-state index is 0. The Labute approximate surface area is 110 Å². The van der Waals surface area contributed by atoms with Gasteiger partial charge in [0.1, 0.15) is 0 Å². The van der Waals surface area contributed by atoms with Crippen LogP contribution in [0.3, 0.4) is 0 Å². The molecule has 3 nitrogen and oxygen atoms in total. The highest BCUT2D eigenvalue weighted by molar-refractivity contribution is 7.13. The molecule has 88 valence electrons. The number of aromatic nitrogens is 3. The van der Waals surface area contributed by atoms with E-state index in [1.54, 1.807) is 17.7 Å². The van der Waals surface area contributed by atoms with E-state index in [2.05, 4.69) is 39.0 Å². The molecule has 0 bridgehead atoms. The zero-order valence-electron chi connectivity index (χ0n) is 9.28. The number of hydrogen-bond acceptors (Lipinski definition) is 3. The first kappa shape index (κ1) is 12.1. The lowest BCUT2D eigenvalue weighted by molar-refractivity contribution is 0.631. The second kappa shape index (κ2) is 4.85. The number of imidazole rings is 1. The van der Waals surface area contributed by atoms with E-state index in [0.29, 0.717) is 0 Å². The Morgan fingerprint density at radius 1 is 1.29 bits per heavy atom. The average Bonchev–Trinajstić information content (AvgIpc) is 2.98. The maximum absolute atomic E-state index is 4.54. The Kier molecular flexibility index (Phi) is 3.45. The van der Waals surface area contributed by atoms with Gasteiger partial charge in [0.15, 0.2) is 0 Å². The number of hydrogen-bond donors (Lipinski definition) is 0. The van der Waals surface area contributed by atoms with Crippen molar-refractivity contribution in [3.05, 3.63) is 48.7 Å². The van der Waals surface area contributed by atoms with Gasteiger partial charge in [-0.25, -0.2) is 4.98 Å². The van der Waals surface area contributed by atoms with E-state index in [9.17, 15) is 0 Å². The molecular formula is C12H12ClN3S. The Balaban J connectivity index is 0.00000108. The molecular weight excluding hydrogens is 254 g/mol. The summed E-state index contributed by atoms with van der Waals surface area (Å²) in [6.07, 6.45) is 5.60. The van der Waals surface area contributed by atoms with Crippen LogP contribution in [0.5, 0.6) is 0 Å². The SMILES string of the molecule is CC(c1nsc2ccccc12)n1ccnc1.Cl. The highest BCUT2D eigenvalue weighted by Gasteiger charge is 2.13. The van der Waals surface area contributed by atoms with Crippen LogP contribution in [0.1, 0.15) is 18.7 Å². The smallest absolute Gasteiger partial charge is 0.0952 e. The van der Waals surface area contributed by atoms with Gasteiger partial charge in [-0.05, 0) is 24.5 Å². The zero-order chi connectivity index (χ0) is 11.0. The van der Waals surface area contributed by atoms with Crippen LogP contribution in [0.25, 0.3) is 10.1 Å². The van der Waals surface area contributed by atoms with Gasteiger partial charge >= 0.3 is 0 Å². The van der Waals surface area contributed by atoms with Crippen molar-refractivity contribution < 1.29 is 0 Å². The first-order valence-corrected chi connectivity index (χ1v) is 5.95. The molecule has 5 heteroatoms. The Morgan fingerprint density at radius 3 is 2.88 bits per heavy atom.